The number of ether oxygens (including phenoxy) is 1. The normalized spacial score (nSPS) is 17.3. The fourth-order valence-corrected chi connectivity index (χ4v) is 0.559. The molecule has 0 aromatic rings. The summed E-state index contributed by atoms with van der Waals surface area (Å²) in [4.78, 5) is 0. The molecule has 55 valence electrons. The van der Waals surface area contributed by atoms with E-state index in [0.29, 0.717) is 0 Å². The first-order valence-electron chi connectivity index (χ1n) is 3.19. The molecule has 9 heavy (non-hydrogen) atoms. The predicted molar refractivity (Wildman–Crippen MR) is 41.3 cm³/mol. The summed E-state index contributed by atoms with van der Waals surface area (Å²) in [6.45, 7) is 3.95. The van der Waals surface area contributed by atoms with Crippen molar-refractivity contribution in [3.05, 3.63) is 0 Å². The van der Waals surface area contributed by atoms with Gasteiger partial charge in [0.2, 0.25) is 0 Å². The number of hydrogen-bond donors (Lipinski definition) is 1. The minimum absolute atomic E-state index is 0.0487. The highest BCUT2D eigenvalue weighted by atomic mass is 32.1. The zero-order chi connectivity index (χ0) is 7.28. The average Bonchev–Trinajstić information content (AvgIpc) is 1.87. The van der Waals surface area contributed by atoms with Crippen molar-refractivity contribution in [2.24, 2.45) is 0 Å². The lowest BCUT2D eigenvalue weighted by Gasteiger charge is -2.15. The molecule has 0 amide bonds. The highest BCUT2D eigenvalue weighted by Gasteiger charge is 2.03. The standard InChI is InChI=1S/C6H14NOS/c1-4-6(9)8-5(2)7-3/h5-7H,4H2,1-3H3. The highest BCUT2D eigenvalue weighted by Crippen LogP contribution is 2.03. The molecule has 0 aliphatic rings. The Morgan fingerprint density at radius 1 is 1.67 bits per heavy atom. The van der Waals surface area contributed by atoms with Crippen LogP contribution in [0.5, 0.6) is 0 Å². The van der Waals surface area contributed by atoms with Crippen molar-refractivity contribution in [1.82, 2.24) is 5.32 Å². The van der Waals surface area contributed by atoms with E-state index >= 15 is 0 Å². The van der Waals surface area contributed by atoms with Gasteiger partial charge in [0, 0.05) is 0 Å². The fraction of sp³-hybridized carbons (Fsp3) is 1.00. The van der Waals surface area contributed by atoms with Crippen LogP contribution in [0.2, 0.25) is 0 Å². The molecule has 0 rings (SSSR count). The van der Waals surface area contributed by atoms with Crippen LogP contribution in [0.1, 0.15) is 20.3 Å². The maximum atomic E-state index is 5.25. The highest BCUT2D eigenvalue weighted by molar-refractivity contribution is 7.80. The molecule has 0 heterocycles. The Morgan fingerprint density at radius 3 is 2.56 bits per heavy atom. The van der Waals surface area contributed by atoms with Crippen molar-refractivity contribution in [3.63, 3.8) is 0 Å². The molecule has 2 unspecified atom stereocenters. The lowest BCUT2D eigenvalue weighted by atomic mass is 10.5. The first-order valence-corrected chi connectivity index (χ1v) is 3.66. The summed E-state index contributed by atoms with van der Waals surface area (Å²) in [5.74, 6) is 0. The van der Waals surface area contributed by atoms with E-state index in [9.17, 15) is 0 Å². The molecule has 2 atom stereocenters. The van der Waals surface area contributed by atoms with Crippen LogP contribution in [-0.2, 0) is 4.74 Å². The van der Waals surface area contributed by atoms with Gasteiger partial charge in [0.05, 0.1) is 0 Å². The van der Waals surface area contributed by atoms with Crippen LogP contribution < -0.4 is 5.32 Å². The van der Waals surface area contributed by atoms with Gasteiger partial charge in [-0.2, -0.15) is 0 Å². The van der Waals surface area contributed by atoms with Gasteiger partial charge in [-0.3, -0.25) is 5.32 Å². The van der Waals surface area contributed by atoms with E-state index in [2.05, 4.69) is 5.32 Å². The third-order valence-electron chi connectivity index (χ3n) is 1.10. The van der Waals surface area contributed by atoms with E-state index in [0.717, 1.165) is 6.42 Å². The monoisotopic (exact) mass is 148 g/mol. The first kappa shape index (κ1) is 9.27. The molecule has 3 heteroatoms. The largest absolute Gasteiger partial charge is 0.349 e. The second-order valence-corrected chi connectivity index (χ2v) is 2.43. The topological polar surface area (TPSA) is 21.3 Å². The molecule has 0 saturated carbocycles. The summed E-state index contributed by atoms with van der Waals surface area (Å²) in [7, 11) is 1.85. The maximum Gasteiger partial charge on any atom is 0.115 e. The first-order chi connectivity index (χ1) is 4.20. The molecule has 0 bridgehead atoms. The minimum Gasteiger partial charge on any atom is -0.349 e. The van der Waals surface area contributed by atoms with Crippen LogP contribution in [0, 0.1) is 0 Å². The molecule has 0 fully saturated rings. The molecular weight excluding hydrogens is 134 g/mol. The Bertz CT molecular complexity index is 62.1. The number of hydrogen-bond acceptors (Lipinski definition) is 2. The smallest absolute Gasteiger partial charge is 0.115 e. The zero-order valence-corrected chi connectivity index (χ0v) is 6.99. The van der Waals surface area contributed by atoms with Crippen LogP contribution in [0.15, 0.2) is 0 Å². The Kier molecular flexibility index (Phi) is 5.24. The molecule has 1 N–H and O–H groups in total. The van der Waals surface area contributed by atoms with Crippen LogP contribution >= 0.6 is 12.6 Å². The molecule has 0 saturated heterocycles. The summed E-state index contributed by atoms with van der Waals surface area (Å²) in [5, 5.41) is 2.94. The molecule has 0 aliphatic carbocycles. The van der Waals surface area contributed by atoms with Crippen molar-refractivity contribution in [2.75, 3.05) is 7.05 Å². The van der Waals surface area contributed by atoms with Crippen LogP contribution in [0.25, 0.3) is 0 Å². The Morgan fingerprint density at radius 2 is 2.22 bits per heavy atom. The van der Waals surface area contributed by atoms with Crippen LogP contribution in [-0.4, -0.2) is 18.7 Å². The third-order valence-corrected chi connectivity index (χ3v) is 1.54. The molecule has 1 radical (unpaired) electrons. The van der Waals surface area contributed by atoms with E-state index in [-0.39, 0.29) is 11.7 Å². The Balaban J connectivity index is 3.22. The van der Waals surface area contributed by atoms with Gasteiger partial charge in [-0.1, -0.05) is 19.6 Å². The van der Waals surface area contributed by atoms with Gasteiger partial charge in [-0.05, 0) is 20.4 Å². The van der Waals surface area contributed by atoms with Gasteiger partial charge in [0.25, 0.3) is 0 Å². The van der Waals surface area contributed by atoms with Crippen molar-refractivity contribution in [1.29, 1.82) is 0 Å². The van der Waals surface area contributed by atoms with Gasteiger partial charge >= 0.3 is 0 Å². The SMILES string of the molecule is CCC([S])OC(C)NC. The summed E-state index contributed by atoms with van der Waals surface area (Å²) < 4.78 is 5.25. The van der Waals surface area contributed by atoms with Gasteiger partial charge < -0.3 is 4.74 Å². The predicted octanol–water partition coefficient (Wildman–Crippen LogP) is 1.50. The molecule has 2 nitrogen and oxygen atoms in total. The summed E-state index contributed by atoms with van der Waals surface area (Å²) >= 11 is 4.92. The van der Waals surface area contributed by atoms with E-state index in [1.54, 1.807) is 0 Å². The van der Waals surface area contributed by atoms with Crippen molar-refractivity contribution in [2.45, 2.75) is 31.9 Å². The van der Waals surface area contributed by atoms with E-state index in [1.165, 1.54) is 0 Å². The molecule has 0 aliphatic heterocycles. The van der Waals surface area contributed by atoms with E-state index < -0.39 is 0 Å². The molecule has 0 spiro atoms. The van der Waals surface area contributed by atoms with Crippen molar-refractivity contribution >= 4 is 12.6 Å². The van der Waals surface area contributed by atoms with Crippen molar-refractivity contribution in [3.8, 4) is 0 Å². The third kappa shape index (κ3) is 4.75. The van der Waals surface area contributed by atoms with Crippen LogP contribution in [0.4, 0.5) is 0 Å². The second kappa shape index (κ2) is 5.09. The fourth-order valence-electron chi connectivity index (χ4n) is 0.392. The average molecular weight is 148 g/mol. The number of nitrogens with one attached hydrogen (secondary N) is 1. The lowest BCUT2D eigenvalue weighted by Crippen LogP contribution is -2.27. The summed E-state index contributed by atoms with van der Waals surface area (Å²) in [5.41, 5.74) is -0.0487. The molecule has 0 aromatic heterocycles. The maximum absolute atomic E-state index is 5.25. The van der Waals surface area contributed by atoms with E-state index in [4.69, 9.17) is 17.4 Å². The van der Waals surface area contributed by atoms with Gasteiger partial charge in [0.15, 0.2) is 0 Å². The summed E-state index contributed by atoms with van der Waals surface area (Å²) in [6.07, 6.45) is 0.967. The molecule has 0 aromatic carbocycles. The van der Waals surface area contributed by atoms with Crippen LogP contribution in [0.3, 0.4) is 0 Å². The Labute approximate surface area is 62.4 Å². The minimum atomic E-state index is -0.0487. The Hall–Kier alpha value is 0.270. The van der Waals surface area contributed by atoms with Gasteiger partial charge in [-0.25, -0.2) is 0 Å². The second-order valence-electron chi connectivity index (χ2n) is 1.90. The molecular formula is C6H14NOS. The van der Waals surface area contributed by atoms with Gasteiger partial charge in [-0.15, -0.1) is 0 Å². The lowest BCUT2D eigenvalue weighted by molar-refractivity contribution is 0.0302. The van der Waals surface area contributed by atoms with Gasteiger partial charge in [0.1, 0.15) is 11.7 Å². The van der Waals surface area contributed by atoms with Crippen molar-refractivity contribution < 1.29 is 4.74 Å². The zero-order valence-electron chi connectivity index (χ0n) is 6.18. The summed E-state index contributed by atoms with van der Waals surface area (Å²) in [6, 6.07) is 0. The quantitative estimate of drug-likeness (QED) is 0.610. The number of rotatable bonds is 4. The van der Waals surface area contributed by atoms with E-state index in [1.807, 2.05) is 20.9 Å².